The summed E-state index contributed by atoms with van der Waals surface area (Å²) in [7, 11) is 2.05. The Balaban J connectivity index is 1.48. The van der Waals surface area contributed by atoms with Crippen LogP contribution in [0.1, 0.15) is 81.5 Å². The Hall–Kier alpha value is -3.40. The second-order valence-electron chi connectivity index (χ2n) is 13.1. The Labute approximate surface area is 249 Å². The van der Waals surface area contributed by atoms with Crippen molar-refractivity contribution in [2.24, 2.45) is 5.92 Å². The Morgan fingerprint density at radius 3 is 2.48 bits per heavy atom. The zero-order valence-electron chi connectivity index (χ0n) is 26.2. The Kier molecular flexibility index (Phi) is 9.97. The normalized spacial score (nSPS) is 18.8. The molecule has 3 heterocycles. The molecule has 10 heteroatoms. The van der Waals surface area contributed by atoms with Crippen molar-refractivity contribution in [1.82, 2.24) is 25.0 Å². The van der Waals surface area contributed by atoms with Crippen LogP contribution in [-0.4, -0.2) is 89.3 Å². The fraction of sp³-hybridized carbons (Fsp3) is 0.625. The predicted octanol–water partition coefficient (Wildman–Crippen LogP) is 3.77. The van der Waals surface area contributed by atoms with E-state index in [1.54, 1.807) is 23.2 Å². The molecule has 2 aliphatic heterocycles. The molecule has 0 radical (unpaired) electrons. The number of hydrogen-bond donors (Lipinski definition) is 1. The van der Waals surface area contributed by atoms with Gasteiger partial charge in [0.25, 0.3) is 5.91 Å². The van der Waals surface area contributed by atoms with Crippen molar-refractivity contribution in [2.45, 2.75) is 84.9 Å². The molecule has 3 amide bonds. The second kappa shape index (κ2) is 13.3. The maximum Gasteiger partial charge on any atom is 0.255 e. The maximum absolute atomic E-state index is 13.9. The van der Waals surface area contributed by atoms with Crippen LogP contribution in [0.25, 0.3) is 0 Å². The molecule has 2 aromatic rings. The number of ether oxygens (including phenoxy) is 1. The van der Waals surface area contributed by atoms with Crippen molar-refractivity contribution in [1.29, 1.82) is 0 Å². The fourth-order valence-electron chi connectivity index (χ4n) is 5.45. The topological polar surface area (TPSA) is 108 Å². The quantitative estimate of drug-likeness (QED) is 0.480. The number of amides is 3. The SMILES string of the molecule is Cc1ccc(C(=O)NC(CC(C)C)C(=O)N2CCCC2C(=O)N2CCN(C)CC2)c(OCc2ncc(C(C)(C)C)o2)c1. The average molecular weight is 582 g/mol. The molecule has 0 saturated carbocycles. The van der Waals surface area contributed by atoms with Gasteiger partial charge < -0.3 is 29.2 Å². The number of aryl methyl sites for hydroxylation is 1. The largest absolute Gasteiger partial charge is 0.483 e. The van der Waals surface area contributed by atoms with E-state index in [0.29, 0.717) is 49.7 Å². The van der Waals surface area contributed by atoms with Gasteiger partial charge >= 0.3 is 0 Å². The van der Waals surface area contributed by atoms with E-state index >= 15 is 0 Å². The van der Waals surface area contributed by atoms with Gasteiger partial charge in [-0.1, -0.05) is 40.7 Å². The van der Waals surface area contributed by atoms with Gasteiger partial charge in [-0.3, -0.25) is 14.4 Å². The number of hydrogen-bond acceptors (Lipinski definition) is 7. The first-order valence-electron chi connectivity index (χ1n) is 15.1. The monoisotopic (exact) mass is 581 g/mol. The van der Waals surface area contributed by atoms with Gasteiger partial charge in [-0.15, -0.1) is 0 Å². The predicted molar refractivity (Wildman–Crippen MR) is 160 cm³/mol. The number of carbonyl (C=O) groups excluding carboxylic acids is 3. The molecular weight excluding hydrogens is 534 g/mol. The van der Waals surface area contributed by atoms with Crippen LogP contribution in [0.4, 0.5) is 0 Å². The first-order valence-corrected chi connectivity index (χ1v) is 15.1. The summed E-state index contributed by atoms with van der Waals surface area (Å²) < 4.78 is 11.9. The number of rotatable bonds is 9. The van der Waals surface area contributed by atoms with E-state index in [9.17, 15) is 14.4 Å². The van der Waals surface area contributed by atoms with Crippen LogP contribution < -0.4 is 10.1 Å². The Morgan fingerprint density at radius 2 is 1.83 bits per heavy atom. The highest BCUT2D eigenvalue weighted by molar-refractivity contribution is 6.00. The fourth-order valence-corrected chi connectivity index (χ4v) is 5.45. The molecule has 0 spiro atoms. The molecule has 2 unspecified atom stereocenters. The van der Waals surface area contributed by atoms with Gasteiger partial charge in [-0.2, -0.15) is 0 Å². The maximum atomic E-state index is 13.9. The molecular formula is C32H47N5O5. The summed E-state index contributed by atoms with van der Waals surface area (Å²) in [5.74, 6) is 1.14. The number of nitrogens with one attached hydrogen (secondary N) is 1. The molecule has 0 bridgehead atoms. The van der Waals surface area contributed by atoms with Gasteiger partial charge in [0.15, 0.2) is 6.61 Å². The molecule has 2 atom stereocenters. The molecule has 10 nitrogen and oxygen atoms in total. The lowest BCUT2D eigenvalue weighted by atomic mass is 9.94. The van der Waals surface area contributed by atoms with Crippen molar-refractivity contribution in [3.05, 3.63) is 47.2 Å². The number of likely N-dealkylation sites (tertiary alicyclic amines) is 1. The van der Waals surface area contributed by atoms with Gasteiger partial charge in [-0.05, 0) is 56.8 Å². The van der Waals surface area contributed by atoms with E-state index in [-0.39, 0.29) is 29.8 Å². The first-order chi connectivity index (χ1) is 19.8. The summed E-state index contributed by atoms with van der Waals surface area (Å²) in [5, 5.41) is 2.99. The third kappa shape index (κ3) is 7.70. The molecule has 42 heavy (non-hydrogen) atoms. The number of oxazole rings is 1. The van der Waals surface area contributed by atoms with Gasteiger partial charge in [0, 0.05) is 38.1 Å². The van der Waals surface area contributed by atoms with Gasteiger partial charge in [-0.25, -0.2) is 4.98 Å². The van der Waals surface area contributed by atoms with E-state index in [1.165, 1.54) is 0 Å². The van der Waals surface area contributed by atoms with E-state index < -0.39 is 18.0 Å². The molecule has 0 aliphatic carbocycles. The van der Waals surface area contributed by atoms with Crippen LogP contribution in [-0.2, 0) is 21.6 Å². The Morgan fingerprint density at radius 1 is 1.12 bits per heavy atom. The lowest BCUT2D eigenvalue weighted by Gasteiger charge is -2.36. The minimum absolute atomic E-state index is 0.0129. The standard InChI is InChI=1S/C32H47N5O5/c1-21(2)17-24(30(39)37-12-8-9-25(37)31(40)36-15-13-35(7)14-16-36)34-29(38)23-11-10-22(3)18-26(23)41-20-28-33-19-27(42-28)32(4,5)6/h10-11,18-19,21,24-25H,8-9,12-17,20H2,1-7H3,(H,34,38). The minimum atomic E-state index is -0.756. The lowest BCUT2D eigenvalue weighted by Crippen LogP contribution is -2.56. The summed E-state index contributed by atoms with van der Waals surface area (Å²) in [6.07, 6.45) is 3.58. The van der Waals surface area contributed by atoms with E-state index in [2.05, 4.69) is 15.2 Å². The van der Waals surface area contributed by atoms with E-state index in [4.69, 9.17) is 9.15 Å². The zero-order chi connectivity index (χ0) is 30.6. The summed E-state index contributed by atoms with van der Waals surface area (Å²) in [5.41, 5.74) is 1.08. The van der Waals surface area contributed by atoms with Crippen LogP contribution in [0.3, 0.4) is 0 Å². The van der Waals surface area contributed by atoms with Crippen molar-refractivity contribution in [2.75, 3.05) is 39.8 Å². The van der Waals surface area contributed by atoms with Crippen molar-refractivity contribution in [3.63, 3.8) is 0 Å². The molecule has 1 N–H and O–H groups in total. The highest BCUT2D eigenvalue weighted by Crippen LogP contribution is 2.26. The van der Waals surface area contributed by atoms with Crippen LogP contribution >= 0.6 is 0 Å². The molecule has 230 valence electrons. The number of piperazine rings is 1. The second-order valence-corrected chi connectivity index (χ2v) is 13.1. The number of nitrogens with zero attached hydrogens (tertiary/aromatic N) is 4. The number of carbonyl (C=O) groups is 3. The minimum Gasteiger partial charge on any atom is -0.483 e. The highest BCUT2D eigenvalue weighted by atomic mass is 16.5. The van der Waals surface area contributed by atoms with Crippen LogP contribution in [0.5, 0.6) is 5.75 Å². The molecule has 1 aromatic heterocycles. The van der Waals surface area contributed by atoms with Crippen molar-refractivity contribution in [3.8, 4) is 5.75 Å². The van der Waals surface area contributed by atoms with E-state index in [1.807, 2.05) is 59.6 Å². The number of likely N-dealkylation sites (N-methyl/N-ethyl adjacent to an activating group) is 1. The van der Waals surface area contributed by atoms with Crippen molar-refractivity contribution >= 4 is 17.7 Å². The average Bonchev–Trinajstić information content (AvgIpc) is 3.61. The molecule has 4 rings (SSSR count). The molecule has 2 saturated heterocycles. The van der Waals surface area contributed by atoms with Gasteiger partial charge in [0.05, 0.1) is 11.8 Å². The van der Waals surface area contributed by atoms with Crippen LogP contribution in [0.2, 0.25) is 0 Å². The molecule has 2 aliphatic rings. The smallest absolute Gasteiger partial charge is 0.255 e. The third-order valence-corrected chi connectivity index (χ3v) is 7.97. The molecule has 1 aromatic carbocycles. The van der Waals surface area contributed by atoms with E-state index in [0.717, 1.165) is 30.8 Å². The summed E-state index contributed by atoms with van der Waals surface area (Å²) in [4.78, 5) is 51.1. The summed E-state index contributed by atoms with van der Waals surface area (Å²) >= 11 is 0. The number of aromatic nitrogens is 1. The zero-order valence-corrected chi connectivity index (χ0v) is 26.2. The summed E-state index contributed by atoms with van der Waals surface area (Å²) in [6.45, 7) is 15.7. The highest BCUT2D eigenvalue weighted by Gasteiger charge is 2.40. The lowest BCUT2D eigenvalue weighted by molar-refractivity contribution is -0.145. The molecule has 2 fully saturated rings. The number of benzene rings is 1. The van der Waals surface area contributed by atoms with Gasteiger partial charge in [0.2, 0.25) is 17.7 Å². The van der Waals surface area contributed by atoms with Gasteiger partial charge in [0.1, 0.15) is 23.6 Å². The van der Waals surface area contributed by atoms with Crippen LogP contribution in [0, 0.1) is 12.8 Å². The Bertz CT molecular complexity index is 1260. The summed E-state index contributed by atoms with van der Waals surface area (Å²) in [6, 6.07) is 4.11. The van der Waals surface area contributed by atoms with Crippen LogP contribution in [0.15, 0.2) is 28.8 Å². The van der Waals surface area contributed by atoms with Crippen molar-refractivity contribution < 1.29 is 23.5 Å². The third-order valence-electron chi connectivity index (χ3n) is 7.97. The first kappa shape index (κ1) is 31.5.